The molecule has 0 spiro atoms. The lowest BCUT2D eigenvalue weighted by Gasteiger charge is -2.22. The average Bonchev–Trinajstić information content (AvgIpc) is 3.26. The highest BCUT2D eigenvalue weighted by Gasteiger charge is 2.31. The summed E-state index contributed by atoms with van der Waals surface area (Å²) in [7, 11) is 1.83. The molecule has 0 radical (unpaired) electrons. The number of nitrogens with zero attached hydrogens (tertiary/aromatic N) is 4. The van der Waals surface area contributed by atoms with Gasteiger partial charge in [-0.1, -0.05) is 37.3 Å². The second-order valence-corrected chi connectivity index (χ2v) is 7.66. The van der Waals surface area contributed by atoms with Crippen LogP contribution in [0.25, 0.3) is 0 Å². The number of aromatic nitrogens is 2. The quantitative estimate of drug-likeness (QED) is 0.607. The first kappa shape index (κ1) is 19.4. The number of hydrogen-bond acceptors (Lipinski definition) is 3. The number of guanidine groups is 1. The van der Waals surface area contributed by atoms with Crippen molar-refractivity contribution in [3.8, 4) is 0 Å². The molecule has 3 rings (SSSR count). The van der Waals surface area contributed by atoms with Crippen molar-refractivity contribution in [2.45, 2.75) is 45.9 Å². The Morgan fingerprint density at radius 3 is 2.70 bits per heavy atom. The lowest BCUT2D eigenvalue weighted by atomic mass is 10.1. The molecule has 1 fully saturated rings. The van der Waals surface area contributed by atoms with Gasteiger partial charge in [0.1, 0.15) is 5.82 Å². The van der Waals surface area contributed by atoms with E-state index in [0.717, 1.165) is 31.4 Å². The van der Waals surface area contributed by atoms with E-state index in [1.54, 1.807) is 0 Å². The van der Waals surface area contributed by atoms with Gasteiger partial charge in [0.2, 0.25) is 0 Å². The molecular weight excluding hydrogens is 336 g/mol. The largest absolute Gasteiger partial charge is 0.352 e. The first-order valence-corrected chi connectivity index (χ1v) is 9.82. The Hall–Kier alpha value is -2.34. The van der Waals surface area contributed by atoms with E-state index in [0.29, 0.717) is 24.5 Å². The number of aliphatic imine (C=N–C) groups is 1. The van der Waals surface area contributed by atoms with Crippen LogP contribution in [0, 0.1) is 5.92 Å². The van der Waals surface area contributed by atoms with Crippen LogP contribution in [0.1, 0.15) is 32.2 Å². The highest BCUT2D eigenvalue weighted by Crippen LogP contribution is 2.18. The third-order valence-corrected chi connectivity index (χ3v) is 5.33. The summed E-state index contributed by atoms with van der Waals surface area (Å²) >= 11 is 0. The van der Waals surface area contributed by atoms with E-state index in [1.807, 2.05) is 25.5 Å². The Morgan fingerprint density at radius 2 is 2.04 bits per heavy atom. The molecule has 2 N–H and O–H groups in total. The molecule has 146 valence electrons. The summed E-state index contributed by atoms with van der Waals surface area (Å²) < 4.78 is 2.17. The van der Waals surface area contributed by atoms with Crippen LogP contribution in [-0.2, 0) is 13.1 Å². The maximum atomic E-state index is 4.51. The van der Waals surface area contributed by atoms with Gasteiger partial charge >= 0.3 is 0 Å². The zero-order valence-electron chi connectivity index (χ0n) is 16.9. The fourth-order valence-electron chi connectivity index (χ4n) is 3.58. The molecule has 1 aromatic carbocycles. The van der Waals surface area contributed by atoms with Gasteiger partial charge in [-0.2, -0.15) is 0 Å². The molecule has 1 aromatic heterocycles. The Morgan fingerprint density at radius 1 is 1.26 bits per heavy atom. The molecule has 0 saturated carbocycles. The summed E-state index contributed by atoms with van der Waals surface area (Å²) in [6.45, 7) is 10.5. The second-order valence-electron chi connectivity index (χ2n) is 7.66. The van der Waals surface area contributed by atoms with Gasteiger partial charge in [-0.05, 0) is 25.3 Å². The van der Waals surface area contributed by atoms with Crippen LogP contribution in [-0.4, -0.2) is 52.6 Å². The van der Waals surface area contributed by atoms with Gasteiger partial charge in [-0.3, -0.25) is 9.89 Å². The molecule has 6 heteroatoms. The van der Waals surface area contributed by atoms with Crippen molar-refractivity contribution in [1.29, 1.82) is 0 Å². The fourth-order valence-corrected chi connectivity index (χ4v) is 3.58. The summed E-state index contributed by atoms with van der Waals surface area (Å²) in [5.74, 6) is 2.45. The predicted octanol–water partition coefficient (Wildman–Crippen LogP) is 2.33. The van der Waals surface area contributed by atoms with Crippen molar-refractivity contribution in [1.82, 2.24) is 25.1 Å². The van der Waals surface area contributed by atoms with Crippen LogP contribution in [0.15, 0.2) is 47.7 Å². The topological polar surface area (TPSA) is 57.5 Å². The third-order valence-electron chi connectivity index (χ3n) is 5.33. The monoisotopic (exact) mass is 368 g/mol. The standard InChI is InChI=1S/C21H32N6/c1-16(2)27-13-17(3)19(15-27)25-21(22-4)24-12-20-23-10-11-26(20)14-18-8-6-5-7-9-18/h5-11,16-17,19H,12-15H2,1-4H3,(H2,22,24,25). The Kier molecular flexibility index (Phi) is 6.50. The Bertz CT molecular complexity index is 736. The maximum Gasteiger partial charge on any atom is 0.191 e. The molecule has 6 nitrogen and oxygen atoms in total. The van der Waals surface area contributed by atoms with Gasteiger partial charge in [0, 0.05) is 51.2 Å². The zero-order chi connectivity index (χ0) is 19.2. The summed E-state index contributed by atoms with van der Waals surface area (Å²) in [5.41, 5.74) is 1.27. The van der Waals surface area contributed by atoms with E-state index in [4.69, 9.17) is 0 Å². The number of imidazole rings is 1. The lowest BCUT2D eigenvalue weighted by molar-refractivity contribution is 0.265. The highest BCUT2D eigenvalue weighted by atomic mass is 15.3. The molecule has 2 unspecified atom stereocenters. The first-order chi connectivity index (χ1) is 13.1. The number of likely N-dealkylation sites (tertiary alicyclic amines) is 1. The number of rotatable bonds is 6. The van der Waals surface area contributed by atoms with Crippen LogP contribution in [0.5, 0.6) is 0 Å². The number of nitrogens with one attached hydrogen (secondary N) is 2. The second kappa shape index (κ2) is 9.04. The van der Waals surface area contributed by atoms with Crippen molar-refractivity contribution in [2.75, 3.05) is 20.1 Å². The number of hydrogen-bond donors (Lipinski definition) is 2. The van der Waals surface area contributed by atoms with Crippen molar-refractivity contribution in [2.24, 2.45) is 10.9 Å². The third kappa shape index (κ3) is 5.10. The molecule has 2 atom stereocenters. The maximum absolute atomic E-state index is 4.51. The van der Waals surface area contributed by atoms with Gasteiger partial charge in [0.15, 0.2) is 5.96 Å². The van der Waals surface area contributed by atoms with Crippen LogP contribution < -0.4 is 10.6 Å². The minimum atomic E-state index is 0.419. The number of benzene rings is 1. The normalized spacial score (nSPS) is 21.0. The summed E-state index contributed by atoms with van der Waals surface area (Å²) in [5, 5.41) is 7.02. The molecule has 27 heavy (non-hydrogen) atoms. The van der Waals surface area contributed by atoms with E-state index in [2.05, 4.69) is 75.1 Å². The molecule has 0 aliphatic carbocycles. The lowest BCUT2D eigenvalue weighted by Crippen LogP contribution is -2.46. The SMILES string of the molecule is CN=C(NCc1nccn1Cc1ccccc1)NC1CN(C(C)C)CC1C. The smallest absolute Gasteiger partial charge is 0.191 e. The molecule has 0 bridgehead atoms. The molecule has 0 amide bonds. The Balaban J connectivity index is 1.55. The van der Waals surface area contributed by atoms with Gasteiger partial charge in [0.05, 0.1) is 6.54 Å². The van der Waals surface area contributed by atoms with E-state index >= 15 is 0 Å². The van der Waals surface area contributed by atoms with E-state index < -0.39 is 0 Å². The highest BCUT2D eigenvalue weighted by molar-refractivity contribution is 5.80. The summed E-state index contributed by atoms with van der Waals surface area (Å²) in [6.07, 6.45) is 3.88. The van der Waals surface area contributed by atoms with Crippen LogP contribution in [0.2, 0.25) is 0 Å². The molecule has 2 aromatic rings. The van der Waals surface area contributed by atoms with Gasteiger partial charge in [0.25, 0.3) is 0 Å². The van der Waals surface area contributed by atoms with Crippen LogP contribution in [0.4, 0.5) is 0 Å². The molecular formula is C21H32N6. The average molecular weight is 369 g/mol. The van der Waals surface area contributed by atoms with Crippen molar-refractivity contribution < 1.29 is 0 Å². The van der Waals surface area contributed by atoms with Crippen LogP contribution >= 0.6 is 0 Å². The van der Waals surface area contributed by atoms with E-state index in [1.165, 1.54) is 5.56 Å². The minimum Gasteiger partial charge on any atom is -0.352 e. The van der Waals surface area contributed by atoms with Gasteiger partial charge in [-0.25, -0.2) is 4.98 Å². The zero-order valence-corrected chi connectivity index (χ0v) is 16.9. The van der Waals surface area contributed by atoms with Crippen LogP contribution in [0.3, 0.4) is 0 Å². The van der Waals surface area contributed by atoms with Crippen molar-refractivity contribution in [3.05, 3.63) is 54.1 Å². The minimum absolute atomic E-state index is 0.419. The molecule has 2 heterocycles. The van der Waals surface area contributed by atoms with Crippen molar-refractivity contribution in [3.63, 3.8) is 0 Å². The first-order valence-electron chi connectivity index (χ1n) is 9.82. The van der Waals surface area contributed by atoms with E-state index in [9.17, 15) is 0 Å². The predicted molar refractivity (Wildman–Crippen MR) is 111 cm³/mol. The van der Waals surface area contributed by atoms with E-state index in [-0.39, 0.29) is 0 Å². The Labute approximate surface area is 162 Å². The van der Waals surface area contributed by atoms with Gasteiger partial charge < -0.3 is 15.2 Å². The van der Waals surface area contributed by atoms with Gasteiger partial charge in [-0.15, -0.1) is 0 Å². The molecule has 1 saturated heterocycles. The summed E-state index contributed by atoms with van der Waals surface area (Å²) in [4.78, 5) is 11.4. The summed E-state index contributed by atoms with van der Waals surface area (Å²) in [6, 6.07) is 11.5. The molecule has 1 aliphatic heterocycles. The van der Waals surface area contributed by atoms with Crippen molar-refractivity contribution >= 4 is 5.96 Å². The fraction of sp³-hybridized carbons (Fsp3) is 0.524. The molecule has 1 aliphatic rings.